The largest absolute Gasteiger partial charge is 0.494 e. The third-order valence-corrected chi connectivity index (χ3v) is 3.20. The molecule has 20 heavy (non-hydrogen) atoms. The van der Waals surface area contributed by atoms with Crippen LogP contribution in [0.5, 0.6) is 5.75 Å². The van der Waals surface area contributed by atoms with E-state index in [2.05, 4.69) is 5.32 Å². The maximum atomic E-state index is 11.8. The van der Waals surface area contributed by atoms with E-state index in [1.54, 1.807) is 30.2 Å². The van der Waals surface area contributed by atoms with Gasteiger partial charge in [0.05, 0.1) is 12.8 Å². The average molecular weight is 277 g/mol. The first kappa shape index (κ1) is 14.3. The van der Waals surface area contributed by atoms with E-state index in [4.69, 9.17) is 10.5 Å². The zero-order valence-corrected chi connectivity index (χ0v) is 11.5. The highest BCUT2D eigenvalue weighted by Crippen LogP contribution is 2.33. The number of hydrogen-bond donors (Lipinski definition) is 2. The van der Waals surface area contributed by atoms with E-state index in [-0.39, 0.29) is 18.2 Å². The van der Waals surface area contributed by atoms with Crippen molar-refractivity contribution in [1.29, 1.82) is 0 Å². The number of nitrogens with two attached hydrogens (primary N) is 1. The number of methoxy groups -OCH3 is 1. The molecule has 1 heterocycles. The Labute approximate surface area is 117 Å². The maximum Gasteiger partial charge on any atom is 0.227 e. The monoisotopic (exact) mass is 277 g/mol. The lowest BCUT2D eigenvalue weighted by atomic mass is 10.2. The molecule has 6 heteroatoms. The number of nitrogens with one attached hydrogen (secondary N) is 1. The standard InChI is InChI=1S/C14H19N3O3/c1-20-12-9-10(16-13(18)6-7-15)4-5-11(12)17-8-2-3-14(17)19/h4-5,9H,2-3,6-8,15H2,1H3,(H,16,18). The van der Waals surface area contributed by atoms with Gasteiger partial charge >= 0.3 is 0 Å². The van der Waals surface area contributed by atoms with Crippen LogP contribution in [-0.4, -0.2) is 32.0 Å². The third kappa shape index (κ3) is 3.08. The third-order valence-electron chi connectivity index (χ3n) is 3.20. The molecular weight excluding hydrogens is 258 g/mol. The summed E-state index contributed by atoms with van der Waals surface area (Å²) in [5, 5.41) is 2.74. The van der Waals surface area contributed by atoms with E-state index in [1.807, 2.05) is 0 Å². The molecule has 0 bridgehead atoms. The first-order valence-electron chi connectivity index (χ1n) is 6.64. The lowest BCUT2D eigenvalue weighted by molar-refractivity contribution is -0.117. The van der Waals surface area contributed by atoms with Gasteiger partial charge in [-0.1, -0.05) is 0 Å². The number of anilines is 2. The minimum Gasteiger partial charge on any atom is -0.494 e. The van der Waals surface area contributed by atoms with Gasteiger partial charge in [0, 0.05) is 37.7 Å². The number of hydrogen-bond acceptors (Lipinski definition) is 4. The second-order valence-corrected chi connectivity index (χ2v) is 4.62. The van der Waals surface area contributed by atoms with Gasteiger partial charge in [-0.2, -0.15) is 0 Å². The summed E-state index contributed by atoms with van der Waals surface area (Å²) in [5.41, 5.74) is 6.71. The molecule has 0 aromatic heterocycles. The number of benzene rings is 1. The van der Waals surface area contributed by atoms with Gasteiger partial charge in [0.2, 0.25) is 11.8 Å². The van der Waals surface area contributed by atoms with Crippen molar-refractivity contribution in [3.8, 4) is 5.75 Å². The Morgan fingerprint density at radius 2 is 2.30 bits per heavy atom. The summed E-state index contributed by atoms with van der Waals surface area (Å²) < 4.78 is 5.32. The van der Waals surface area contributed by atoms with Gasteiger partial charge in [0.25, 0.3) is 0 Å². The number of amides is 2. The van der Waals surface area contributed by atoms with Crippen LogP contribution in [0.15, 0.2) is 18.2 Å². The molecule has 2 amide bonds. The van der Waals surface area contributed by atoms with Crippen molar-refractivity contribution in [1.82, 2.24) is 0 Å². The summed E-state index contributed by atoms with van der Waals surface area (Å²) in [7, 11) is 1.55. The highest BCUT2D eigenvalue weighted by Gasteiger charge is 2.24. The fourth-order valence-electron chi connectivity index (χ4n) is 2.24. The molecule has 1 saturated heterocycles. The summed E-state index contributed by atoms with van der Waals surface area (Å²) in [6.45, 7) is 1.01. The number of nitrogens with zero attached hydrogens (tertiary/aromatic N) is 1. The number of ether oxygens (including phenoxy) is 1. The molecule has 1 aliphatic heterocycles. The molecule has 1 fully saturated rings. The molecule has 6 nitrogen and oxygen atoms in total. The lowest BCUT2D eigenvalue weighted by Gasteiger charge is -2.19. The number of rotatable bonds is 5. The van der Waals surface area contributed by atoms with Crippen molar-refractivity contribution < 1.29 is 14.3 Å². The van der Waals surface area contributed by atoms with E-state index in [9.17, 15) is 9.59 Å². The van der Waals surface area contributed by atoms with Gasteiger partial charge in [0.15, 0.2) is 0 Å². The Kier molecular flexibility index (Phi) is 4.57. The van der Waals surface area contributed by atoms with Gasteiger partial charge in [-0.25, -0.2) is 0 Å². The highest BCUT2D eigenvalue weighted by molar-refractivity contribution is 5.97. The molecule has 108 valence electrons. The molecule has 1 aromatic carbocycles. The molecule has 0 spiro atoms. The Morgan fingerprint density at radius 3 is 2.90 bits per heavy atom. The number of carbonyl (C=O) groups excluding carboxylic acids is 2. The van der Waals surface area contributed by atoms with Crippen LogP contribution in [0.4, 0.5) is 11.4 Å². The Hall–Kier alpha value is -2.08. The normalized spacial score (nSPS) is 14.5. The second-order valence-electron chi connectivity index (χ2n) is 4.62. The van der Waals surface area contributed by atoms with Gasteiger partial charge in [-0.05, 0) is 18.6 Å². The van der Waals surface area contributed by atoms with Crippen LogP contribution in [0, 0.1) is 0 Å². The SMILES string of the molecule is COc1cc(NC(=O)CCN)ccc1N1CCCC1=O. The van der Waals surface area contributed by atoms with Crippen molar-refractivity contribution in [3.05, 3.63) is 18.2 Å². The van der Waals surface area contributed by atoms with Crippen LogP contribution in [0.25, 0.3) is 0 Å². The summed E-state index contributed by atoms with van der Waals surface area (Å²) in [4.78, 5) is 25.0. The average Bonchev–Trinajstić information content (AvgIpc) is 2.85. The maximum absolute atomic E-state index is 11.8. The summed E-state index contributed by atoms with van der Waals surface area (Å²) >= 11 is 0. The Balaban J connectivity index is 2.19. The van der Waals surface area contributed by atoms with Gasteiger partial charge in [-0.3, -0.25) is 9.59 Å². The molecule has 1 aliphatic rings. The molecule has 0 aliphatic carbocycles. The van der Waals surface area contributed by atoms with Crippen LogP contribution in [-0.2, 0) is 9.59 Å². The topological polar surface area (TPSA) is 84.7 Å². The van der Waals surface area contributed by atoms with E-state index in [0.29, 0.717) is 30.9 Å². The van der Waals surface area contributed by atoms with Crippen molar-refractivity contribution in [2.75, 3.05) is 30.4 Å². The van der Waals surface area contributed by atoms with Crippen molar-refractivity contribution in [2.45, 2.75) is 19.3 Å². The van der Waals surface area contributed by atoms with E-state index in [1.165, 1.54) is 0 Å². The van der Waals surface area contributed by atoms with E-state index >= 15 is 0 Å². The predicted molar refractivity (Wildman–Crippen MR) is 76.9 cm³/mol. The van der Waals surface area contributed by atoms with Gasteiger partial charge in [0.1, 0.15) is 5.75 Å². The molecule has 0 radical (unpaired) electrons. The zero-order valence-electron chi connectivity index (χ0n) is 11.5. The second kappa shape index (κ2) is 6.38. The lowest BCUT2D eigenvalue weighted by Crippen LogP contribution is -2.24. The summed E-state index contributed by atoms with van der Waals surface area (Å²) in [6, 6.07) is 5.27. The fourth-order valence-corrected chi connectivity index (χ4v) is 2.24. The quantitative estimate of drug-likeness (QED) is 0.844. The fraction of sp³-hybridized carbons (Fsp3) is 0.429. The Bertz CT molecular complexity index is 516. The predicted octanol–water partition coefficient (Wildman–Crippen LogP) is 1.11. The molecule has 1 aromatic rings. The van der Waals surface area contributed by atoms with Crippen LogP contribution in [0.2, 0.25) is 0 Å². The van der Waals surface area contributed by atoms with Crippen molar-refractivity contribution in [3.63, 3.8) is 0 Å². The first-order chi connectivity index (χ1) is 9.65. The van der Waals surface area contributed by atoms with Crippen LogP contribution in [0.1, 0.15) is 19.3 Å². The smallest absolute Gasteiger partial charge is 0.227 e. The molecule has 2 rings (SSSR count). The van der Waals surface area contributed by atoms with E-state index in [0.717, 1.165) is 12.1 Å². The van der Waals surface area contributed by atoms with Crippen molar-refractivity contribution >= 4 is 23.2 Å². The Morgan fingerprint density at radius 1 is 1.50 bits per heavy atom. The molecule has 0 atom stereocenters. The van der Waals surface area contributed by atoms with Crippen LogP contribution >= 0.6 is 0 Å². The van der Waals surface area contributed by atoms with Gasteiger partial charge < -0.3 is 20.7 Å². The first-order valence-corrected chi connectivity index (χ1v) is 6.64. The molecular formula is C14H19N3O3. The zero-order chi connectivity index (χ0) is 14.5. The number of carbonyl (C=O) groups is 2. The highest BCUT2D eigenvalue weighted by atomic mass is 16.5. The summed E-state index contributed by atoms with van der Waals surface area (Å²) in [6.07, 6.45) is 1.70. The molecule has 0 saturated carbocycles. The van der Waals surface area contributed by atoms with Gasteiger partial charge in [-0.15, -0.1) is 0 Å². The van der Waals surface area contributed by atoms with Crippen molar-refractivity contribution in [2.24, 2.45) is 5.73 Å². The molecule has 0 unspecified atom stereocenters. The minimum absolute atomic E-state index is 0.100. The minimum atomic E-state index is -0.139. The van der Waals surface area contributed by atoms with Crippen LogP contribution < -0.4 is 20.7 Å². The van der Waals surface area contributed by atoms with E-state index < -0.39 is 0 Å². The summed E-state index contributed by atoms with van der Waals surface area (Å²) in [5.74, 6) is 0.536. The molecule has 3 N–H and O–H groups in total. The van der Waals surface area contributed by atoms with Crippen LogP contribution in [0.3, 0.4) is 0 Å².